The molecular formula is C41H28O. The van der Waals surface area contributed by atoms with Gasteiger partial charge in [-0.25, -0.2) is 0 Å². The Morgan fingerprint density at radius 3 is 1.76 bits per heavy atom. The highest BCUT2D eigenvalue weighted by molar-refractivity contribution is 6.26. The van der Waals surface area contributed by atoms with Crippen LogP contribution in [0.5, 0.6) is 0 Å². The van der Waals surface area contributed by atoms with Gasteiger partial charge in [0.2, 0.25) is 0 Å². The van der Waals surface area contributed by atoms with Gasteiger partial charge in [0.25, 0.3) is 0 Å². The molecule has 0 bridgehead atoms. The molecule has 42 heavy (non-hydrogen) atoms. The molecular weight excluding hydrogens is 508 g/mol. The van der Waals surface area contributed by atoms with Crippen molar-refractivity contribution in [3.63, 3.8) is 0 Å². The Morgan fingerprint density at radius 2 is 1.02 bits per heavy atom. The van der Waals surface area contributed by atoms with Gasteiger partial charge in [-0.15, -0.1) is 0 Å². The van der Waals surface area contributed by atoms with Crippen LogP contribution in [-0.4, -0.2) is 0 Å². The monoisotopic (exact) mass is 544 g/mol. The lowest BCUT2D eigenvalue weighted by atomic mass is 9.76. The van der Waals surface area contributed by atoms with E-state index in [9.17, 15) is 5.48 Å². The van der Waals surface area contributed by atoms with Crippen LogP contribution in [-0.2, 0) is 5.41 Å². The summed E-state index contributed by atoms with van der Waals surface area (Å²) in [6, 6.07) is 24.2. The summed E-state index contributed by atoms with van der Waals surface area (Å²) in [5, 5.41) is 2.25. The minimum atomic E-state index is -0.530. The molecule has 0 amide bonds. The minimum absolute atomic E-state index is 0.187. The van der Waals surface area contributed by atoms with Gasteiger partial charge in [0, 0.05) is 16.2 Å². The first-order valence-electron chi connectivity index (χ1n) is 18.1. The third-order valence-electron chi connectivity index (χ3n) is 8.90. The first-order valence-corrected chi connectivity index (χ1v) is 14.1. The number of benzene rings is 7. The predicted molar refractivity (Wildman–Crippen MR) is 177 cm³/mol. The summed E-state index contributed by atoms with van der Waals surface area (Å²) in [6.07, 6.45) is 0. The molecule has 0 spiro atoms. The van der Waals surface area contributed by atoms with Crippen LogP contribution >= 0.6 is 0 Å². The topological polar surface area (TPSA) is 13.1 Å². The van der Waals surface area contributed by atoms with Crippen LogP contribution in [0, 0.1) is 0 Å². The fourth-order valence-electron chi connectivity index (χ4n) is 7.20. The van der Waals surface area contributed by atoms with Gasteiger partial charge >= 0.3 is 0 Å². The molecule has 9 rings (SSSR count). The molecule has 0 saturated heterocycles. The molecule has 7 aromatic carbocycles. The van der Waals surface area contributed by atoms with E-state index in [-0.39, 0.29) is 45.7 Å². The van der Waals surface area contributed by atoms with Crippen molar-refractivity contribution in [2.24, 2.45) is 0 Å². The molecule has 1 aromatic heterocycles. The quantitative estimate of drug-likeness (QED) is 0.197. The Labute approximate surface area is 255 Å². The van der Waals surface area contributed by atoms with Crippen LogP contribution in [0.2, 0.25) is 0 Å². The predicted octanol–water partition coefficient (Wildman–Crippen LogP) is 11.5. The van der Waals surface area contributed by atoms with Gasteiger partial charge in [0.05, 0.1) is 11.0 Å². The summed E-state index contributed by atoms with van der Waals surface area (Å²) >= 11 is 0. The molecule has 198 valence electrons. The van der Waals surface area contributed by atoms with E-state index >= 15 is 0 Å². The Hall–Kier alpha value is -5.14. The lowest BCUT2D eigenvalue weighted by Crippen LogP contribution is -2.16. The van der Waals surface area contributed by atoms with E-state index in [0.717, 1.165) is 27.6 Å². The van der Waals surface area contributed by atoms with Crippen molar-refractivity contribution >= 4 is 43.5 Å². The highest BCUT2D eigenvalue weighted by Crippen LogP contribution is 2.54. The van der Waals surface area contributed by atoms with Crippen molar-refractivity contribution in [2.45, 2.75) is 19.3 Å². The summed E-state index contributed by atoms with van der Waals surface area (Å²) in [7, 11) is 0. The SMILES string of the molecule is [2H]c1c([2H])c([2H])c2c(-c3cccc4oc5ccccc5c34)c3c([2H])c([2H])c([2H])c([2H])c3c(-c3cccc4c3C(C)(C)c3ccccc3-4)c2c1[2H]. The van der Waals surface area contributed by atoms with Crippen molar-refractivity contribution in [1.29, 1.82) is 0 Å². The van der Waals surface area contributed by atoms with Crippen LogP contribution in [0.1, 0.15) is 35.9 Å². The zero-order valence-corrected chi connectivity index (χ0v) is 23.0. The Kier molecular flexibility index (Phi) is 3.41. The van der Waals surface area contributed by atoms with E-state index < -0.39 is 29.6 Å². The summed E-state index contributed by atoms with van der Waals surface area (Å²) < 4.78 is 79.5. The molecule has 0 saturated carbocycles. The second-order valence-electron chi connectivity index (χ2n) is 11.4. The maximum absolute atomic E-state index is 9.46. The average molecular weight is 545 g/mol. The Bertz CT molecular complexity index is 2750. The van der Waals surface area contributed by atoms with Gasteiger partial charge in [0.15, 0.2) is 0 Å². The summed E-state index contributed by atoms with van der Waals surface area (Å²) in [5.41, 5.74) is 6.60. The van der Waals surface area contributed by atoms with E-state index in [2.05, 4.69) is 26.0 Å². The van der Waals surface area contributed by atoms with Crippen molar-refractivity contribution in [2.75, 3.05) is 0 Å². The summed E-state index contributed by atoms with van der Waals surface area (Å²) in [6.45, 7) is 4.24. The van der Waals surface area contributed by atoms with E-state index in [1.165, 1.54) is 0 Å². The minimum Gasteiger partial charge on any atom is -0.456 e. The fourth-order valence-corrected chi connectivity index (χ4v) is 7.20. The lowest BCUT2D eigenvalue weighted by Gasteiger charge is -2.26. The molecule has 0 fully saturated rings. The smallest absolute Gasteiger partial charge is 0.136 e. The molecule has 0 unspecified atom stereocenters. The van der Waals surface area contributed by atoms with Gasteiger partial charge in [-0.1, -0.05) is 135 Å². The van der Waals surface area contributed by atoms with Crippen LogP contribution in [0.15, 0.2) is 138 Å². The normalized spacial score (nSPS) is 16.3. The van der Waals surface area contributed by atoms with Crippen molar-refractivity contribution < 1.29 is 15.4 Å². The maximum atomic E-state index is 9.46. The summed E-state index contributed by atoms with van der Waals surface area (Å²) in [4.78, 5) is 0. The zero-order valence-electron chi connectivity index (χ0n) is 31.0. The second-order valence-corrected chi connectivity index (χ2v) is 11.4. The average Bonchev–Trinajstić information content (AvgIpc) is 3.62. The lowest BCUT2D eigenvalue weighted by molar-refractivity contribution is 0.662. The molecule has 1 heterocycles. The van der Waals surface area contributed by atoms with Crippen molar-refractivity contribution in [3.8, 4) is 33.4 Å². The van der Waals surface area contributed by atoms with E-state index in [1.54, 1.807) is 6.07 Å². The molecule has 1 nitrogen and oxygen atoms in total. The molecule has 1 aliphatic rings. The van der Waals surface area contributed by atoms with Crippen LogP contribution in [0.3, 0.4) is 0 Å². The first kappa shape index (κ1) is 17.0. The second kappa shape index (κ2) is 8.44. The van der Waals surface area contributed by atoms with Crippen LogP contribution in [0.4, 0.5) is 0 Å². The van der Waals surface area contributed by atoms with Gasteiger partial charge in [-0.05, 0) is 78.2 Å². The third-order valence-corrected chi connectivity index (χ3v) is 8.90. The van der Waals surface area contributed by atoms with Gasteiger partial charge in [0.1, 0.15) is 11.2 Å². The molecule has 8 aromatic rings. The number of furan rings is 1. The molecule has 0 atom stereocenters. The molecule has 0 aliphatic heterocycles. The van der Waals surface area contributed by atoms with Crippen LogP contribution in [0.25, 0.3) is 76.9 Å². The Balaban J connectivity index is 1.60. The Morgan fingerprint density at radius 1 is 0.500 bits per heavy atom. The molecule has 0 N–H and O–H groups in total. The van der Waals surface area contributed by atoms with Crippen molar-refractivity contribution in [3.05, 3.63) is 144 Å². The number of hydrogen-bond donors (Lipinski definition) is 0. The van der Waals surface area contributed by atoms with E-state index in [0.29, 0.717) is 38.8 Å². The largest absolute Gasteiger partial charge is 0.456 e. The molecule has 1 heteroatoms. The van der Waals surface area contributed by atoms with Crippen molar-refractivity contribution in [1.82, 2.24) is 0 Å². The number of fused-ring (bicyclic) bond motifs is 8. The fraction of sp³-hybridized carbons (Fsp3) is 0.0732. The van der Waals surface area contributed by atoms with Crippen LogP contribution < -0.4 is 0 Å². The van der Waals surface area contributed by atoms with E-state index in [4.69, 9.17) is 9.90 Å². The standard InChI is InChI=1S/C41H28O/c1-41(2)34-22-9-7-13-25(34)30-19-11-21-33(40(30)41)38-28-16-5-3-14-26(28)37(27-15-4-6-17-29(27)38)32-20-12-24-36-39(32)31-18-8-10-23-35(31)42-36/h3-24H,1-2H3/i3D,4D,5D,6D,14D,15D,16D,17D. The third kappa shape index (κ3) is 3.03. The highest BCUT2D eigenvalue weighted by atomic mass is 16.3. The van der Waals surface area contributed by atoms with Gasteiger partial charge in [-0.3, -0.25) is 0 Å². The number of hydrogen-bond acceptors (Lipinski definition) is 1. The molecule has 1 aliphatic carbocycles. The molecule has 0 radical (unpaired) electrons. The maximum Gasteiger partial charge on any atom is 0.136 e. The van der Waals surface area contributed by atoms with E-state index in [1.807, 2.05) is 66.7 Å². The number of rotatable bonds is 2. The zero-order chi connectivity index (χ0) is 35.0. The summed E-state index contributed by atoms with van der Waals surface area (Å²) in [5.74, 6) is 0. The highest BCUT2D eigenvalue weighted by Gasteiger charge is 2.38. The first-order chi connectivity index (χ1) is 23.9. The number of para-hydroxylation sites is 1. The van der Waals surface area contributed by atoms with Gasteiger partial charge < -0.3 is 4.42 Å². The van der Waals surface area contributed by atoms with Gasteiger partial charge in [-0.2, -0.15) is 0 Å².